The van der Waals surface area contributed by atoms with Crippen molar-refractivity contribution < 1.29 is 9.59 Å². The molecule has 0 bridgehead atoms. The molecule has 0 spiro atoms. The van der Waals surface area contributed by atoms with Crippen LogP contribution in [0.3, 0.4) is 0 Å². The van der Waals surface area contributed by atoms with Crippen LogP contribution in [0, 0.1) is 0 Å². The molecule has 0 aromatic heterocycles. The van der Waals surface area contributed by atoms with Crippen molar-refractivity contribution in [3.05, 3.63) is 0 Å². The molecule has 0 amide bonds. The monoisotopic (exact) mass is 261 g/mol. The summed E-state index contributed by atoms with van der Waals surface area (Å²) >= 11 is 0. The Morgan fingerprint density at radius 2 is 1.41 bits per heavy atom. The lowest BCUT2D eigenvalue weighted by Crippen LogP contribution is -2.44. The van der Waals surface area contributed by atoms with Crippen molar-refractivity contribution in [2.24, 2.45) is 0 Å². The SMILES string of the molecule is CCC(=O)CC1CCCC(CC(=O)CC)N1.Cl. The molecule has 3 nitrogen and oxygen atoms in total. The number of hydrogen-bond acceptors (Lipinski definition) is 3. The second-order valence-electron chi connectivity index (χ2n) is 4.68. The van der Waals surface area contributed by atoms with Crippen LogP contribution in [0.4, 0.5) is 0 Å². The van der Waals surface area contributed by atoms with Gasteiger partial charge in [-0.25, -0.2) is 0 Å². The normalized spacial score (nSPS) is 23.9. The number of piperidine rings is 1. The molecular formula is C13H24ClNO2. The summed E-state index contributed by atoms with van der Waals surface area (Å²) in [5, 5.41) is 3.44. The van der Waals surface area contributed by atoms with Crippen molar-refractivity contribution in [3.63, 3.8) is 0 Å². The summed E-state index contributed by atoms with van der Waals surface area (Å²) in [6.07, 6.45) is 5.79. The van der Waals surface area contributed by atoms with E-state index >= 15 is 0 Å². The van der Waals surface area contributed by atoms with Crippen LogP contribution < -0.4 is 5.32 Å². The van der Waals surface area contributed by atoms with E-state index in [1.54, 1.807) is 0 Å². The molecule has 1 aliphatic rings. The first-order chi connectivity index (χ1) is 7.65. The molecule has 1 aliphatic heterocycles. The lowest BCUT2D eigenvalue weighted by atomic mass is 9.92. The average Bonchev–Trinajstić information content (AvgIpc) is 2.29. The molecule has 4 heteroatoms. The van der Waals surface area contributed by atoms with Crippen molar-refractivity contribution in [2.75, 3.05) is 0 Å². The van der Waals surface area contributed by atoms with Crippen LogP contribution in [0.1, 0.15) is 58.8 Å². The zero-order chi connectivity index (χ0) is 12.0. The summed E-state index contributed by atoms with van der Waals surface area (Å²) in [4.78, 5) is 22.7. The smallest absolute Gasteiger partial charge is 0.134 e. The molecule has 1 fully saturated rings. The van der Waals surface area contributed by atoms with E-state index in [4.69, 9.17) is 0 Å². The molecule has 1 rings (SSSR count). The van der Waals surface area contributed by atoms with Crippen molar-refractivity contribution in [1.82, 2.24) is 5.32 Å². The highest BCUT2D eigenvalue weighted by Crippen LogP contribution is 2.18. The Balaban J connectivity index is 0.00000256. The molecule has 17 heavy (non-hydrogen) atoms. The van der Waals surface area contributed by atoms with Crippen molar-refractivity contribution in [2.45, 2.75) is 70.9 Å². The van der Waals surface area contributed by atoms with Gasteiger partial charge >= 0.3 is 0 Å². The van der Waals surface area contributed by atoms with Gasteiger partial charge < -0.3 is 5.32 Å². The Bertz CT molecular complexity index is 232. The molecule has 2 unspecified atom stereocenters. The van der Waals surface area contributed by atoms with Crippen molar-refractivity contribution >= 4 is 24.0 Å². The quantitative estimate of drug-likeness (QED) is 0.800. The van der Waals surface area contributed by atoms with Crippen LogP contribution in [-0.2, 0) is 9.59 Å². The number of carbonyl (C=O) groups is 2. The van der Waals surface area contributed by atoms with Crippen LogP contribution in [0.25, 0.3) is 0 Å². The topological polar surface area (TPSA) is 46.2 Å². The van der Waals surface area contributed by atoms with Gasteiger partial charge in [0.2, 0.25) is 0 Å². The van der Waals surface area contributed by atoms with Crippen molar-refractivity contribution in [1.29, 1.82) is 0 Å². The van der Waals surface area contributed by atoms with E-state index in [0.717, 1.165) is 19.3 Å². The summed E-state index contributed by atoms with van der Waals surface area (Å²) in [7, 11) is 0. The first kappa shape index (κ1) is 16.6. The van der Waals surface area contributed by atoms with Gasteiger partial charge in [-0.1, -0.05) is 20.3 Å². The molecule has 2 atom stereocenters. The molecule has 1 saturated heterocycles. The van der Waals surface area contributed by atoms with E-state index in [-0.39, 0.29) is 12.4 Å². The molecule has 0 aromatic carbocycles. The molecule has 1 N–H and O–H groups in total. The van der Waals surface area contributed by atoms with E-state index < -0.39 is 0 Å². The fraction of sp³-hybridized carbons (Fsp3) is 0.846. The zero-order valence-corrected chi connectivity index (χ0v) is 11.6. The summed E-state index contributed by atoms with van der Waals surface area (Å²) < 4.78 is 0. The molecular weight excluding hydrogens is 238 g/mol. The number of hydrogen-bond donors (Lipinski definition) is 1. The first-order valence-electron chi connectivity index (χ1n) is 6.45. The Labute approximate surface area is 110 Å². The van der Waals surface area contributed by atoms with E-state index in [1.807, 2.05) is 13.8 Å². The third kappa shape index (κ3) is 6.18. The second-order valence-corrected chi connectivity index (χ2v) is 4.68. The fourth-order valence-electron chi connectivity index (χ4n) is 2.27. The van der Waals surface area contributed by atoms with E-state index in [0.29, 0.717) is 49.3 Å². The Hall–Kier alpha value is -0.410. The van der Waals surface area contributed by atoms with E-state index in [2.05, 4.69) is 5.32 Å². The third-order valence-electron chi connectivity index (χ3n) is 3.31. The van der Waals surface area contributed by atoms with Crippen LogP contribution in [0.15, 0.2) is 0 Å². The van der Waals surface area contributed by atoms with Crippen LogP contribution in [0.2, 0.25) is 0 Å². The van der Waals surface area contributed by atoms with Crippen molar-refractivity contribution in [3.8, 4) is 0 Å². The Morgan fingerprint density at radius 1 is 1.00 bits per heavy atom. The first-order valence-corrected chi connectivity index (χ1v) is 6.45. The third-order valence-corrected chi connectivity index (χ3v) is 3.31. The summed E-state index contributed by atoms with van der Waals surface area (Å²) in [5.41, 5.74) is 0. The van der Waals surface area contributed by atoms with Gasteiger partial charge in [-0.05, 0) is 12.8 Å². The van der Waals surface area contributed by atoms with Crippen LogP contribution in [0.5, 0.6) is 0 Å². The lowest BCUT2D eigenvalue weighted by molar-refractivity contribution is -0.119. The maximum Gasteiger partial charge on any atom is 0.134 e. The van der Waals surface area contributed by atoms with Gasteiger partial charge in [0.1, 0.15) is 11.6 Å². The number of halogens is 1. The van der Waals surface area contributed by atoms with E-state index in [1.165, 1.54) is 0 Å². The van der Waals surface area contributed by atoms with Crippen LogP contribution >= 0.6 is 12.4 Å². The molecule has 0 aliphatic carbocycles. The molecule has 1 heterocycles. The number of Topliss-reactive ketones (excluding diaryl/α,β-unsaturated/α-hetero) is 2. The van der Waals surface area contributed by atoms with Gasteiger partial charge in [-0.3, -0.25) is 9.59 Å². The number of nitrogens with one attached hydrogen (secondary N) is 1. The highest BCUT2D eigenvalue weighted by Gasteiger charge is 2.23. The van der Waals surface area contributed by atoms with Gasteiger partial charge in [-0.2, -0.15) is 0 Å². The minimum Gasteiger partial charge on any atom is -0.310 e. The number of carbonyl (C=O) groups excluding carboxylic acids is 2. The number of rotatable bonds is 6. The summed E-state index contributed by atoms with van der Waals surface area (Å²) in [5.74, 6) is 0.639. The van der Waals surface area contributed by atoms with E-state index in [9.17, 15) is 9.59 Å². The van der Waals surface area contributed by atoms with Gasteiger partial charge in [0.15, 0.2) is 0 Å². The molecule has 0 saturated carbocycles. The van der Waals surface area contributed by atoms with Crippen LogP contribution in [-0.4, -0.2) is 23.7 Å². The minimum absolute atomic E-state index is 0. The molecule has 0 aromatic rings. The second kappa shape index (κ2) is 8.65. The van der Waals surface area contributed by atoms with Gasteiger partial charge in [-0.15, -0.1) is 12.4 Å². The largest absolute Gasteiger partial charge is 0.310 e. The molecule has 0 radical (unpaired) electrons. The standard InChI is InChI=1S/C13H23NO2.ClH/c1-3-12(15)8-10-6-5-7-11(14-10)9-13(16)4-2;/h10-11,14H,3-9H2,1-2H3;1H. The average molecular weight is 262 g/mol. The van der Waals surface area contributed by atoms with Gasteiger partial charge in [0.25, 0.3) is 0 Å². The maximum absolute atomic E-state index is 11.4. The molecule has 100 valence electrons. The predicted octanol–water partition coefficient (Wildman–Crippen LogP) is 2.66. The summed E-state index contributed by atoms with van der Waals surface area (Å²) in [6, 6.07) is 0.603. The van der Waals surface area contributed by atoms with Gasteiger partial charge in [0, 0.05) is 37.8 Å². The maximum atomic E-state index is 11.4. The predicted molar refractivity (Wildman–Crippen MR) is 71.6 cm³/mol. The Morgan fingerprint density at radius 3 is 1.76 bits per heavy atom. The highest BCUT2D eigenvalue weighted by atomic mass is 35.5. The Kier molecular flexibility index (Phi) is 8.44. The van der Waals surface area contributed by atoms with Gasteiger partial charge in [0.05, 0.1) is 0 Å². The minimum atomic E-state index is 0. The fourth-order valence-corrected chi connectivity index (χ4v) is 2.27. The highest BCUT2D eigenvalue weighted by molar-refractivity contribution is 5.85. The summed E-state index contributed by atoms with van der Waals surface area (Å²) in [6.45, 7) is 3.81. The number of ketones is 2. The zero-order valence-electron chi connectivity index (χ0n) is 10.8. The lowest BCUT2D eigenvalue weighted by Gasteiger charge is -2.30.